The lowest BCUT2D eigenvalue weighted by Gasteiger charge is -2.23. The van der Waals surface area contributed by atoms with Gasteiger partial charge < -0.3 is 25.3 Å². The molecular formula is C26H31F3N4O3. The fourth-order valence-electron chi connectivity index (χ4n) is 4.31. The van der Waals surface area contributed by atoms with Crippen molar-refractivity contribution >= 4 is 22.4 Å². The number of rotatable bonds is 9. The summed E-state index contributed by atoms with van der Waals surface area (Å²) in [6, 6.07) is 6.59. The maximum Gasteiger partial charge on any atom is 0.416 e. The van der Waals surface area contributed by atoms with Gasteiger partial charge in [-0.1, -0.05) is 0 Å². The summed E-state index contributed by atoms with van der Waals surface area (Å²) >= 11 is 0. The van der Waals surface area contributed by atoms with Crippen LogP contribution in [0, 0.1) is 12.3 Å². The highest BCUT2D eigenvalue weighted by atomic mass is 19.4. The quantitative estimate of drug-likeness (QED) is 0.350. The summed E-state index contributed by atoms with van der Waals surface area (Å²) in [6.07, 6.45) is -2.40. The third kappa shape index (κ3) is 5.28. The van der Waals surface area contributed by atoms with Crippen LogP contribution in [0.5, 0.6) is 11.5 Å². The van der Waals surface area contributed by atoms with Crippen molar-refractivity contribution in [2.45, 2.75) is 51.9 Å². The van der Waals surface area contributed by atoms with Gasteiger partial charge in [-0.05, 0) is 63.4 Å². The molecule has 2 aromatic carbocycles. The number of methoxy groups -OCH3 is 2. The van der Waals surface area contributed by atoms with Gasteiger partial charge in [0.15, 0.2) is 11.5 Å². The number of nitrogens with zero attached hydrogens (tertiary/aromatic N) is 2. The van der Waals surface area contributed by atoms with Gasteiger partial charge in [0, 0.05) is 29.7 Å². The van der Waals surface area contributed by atoms with E-state index < -0.39 is 17.8 Å². The van der Waals surface area contributed by atoms with E-state index in [0.29, 0.717) is 46.2 Å². The van der Waals surface area contributed by atoms with Gasteiger partial charge >= 0.3 is 6.18 Å². The Hall–Kier alpha value is -3.27. The van der Waals surface area contributed by atoms with Crippen LogP contribution in [0.2, 0.25) is 0 Å². The van der Waals surface area contributed by atoms with Gasteiger partial charge in [0.1, 0.15) is 11.6 Å². The number of nitrogens with two attached hydrogens (primary N) is 1. The molecule has 3 aromatic rings. The third-order valence-corrected chi connectivity index (χ3v) is 6.87. The Labute approximate surface area is 208 Å². The van der Waals surface area contributed by atoms with Gasteiger partial charge in [0.05, 0.1) is 36.9 Å². The van der Waals surface area contributed by atoms with Crippen LogP contribution < -0.4 is 20.5 Å². The smallest absolute Gasteiger partial charge is 0.416 e. The van der Waals surface area contributed by atoms with E-state index in [4.69, 9.17) is 19.9 Å². The molecule has 0 spiro atoms. The van der Waals surface area contributed by atoms with Crippen molar-refractivity contribution < 1.29 is 27.4 Å². The first kappa shape index (κ1) is 25.8. The first-order valence-corrected chi connectivity index (χ1v) is 11.7. The molecule has 1 fully saturated rings. The van der Waals surface area contributed by atoms with Gasteiger partial charge in [-0.15, -0.1) is 0 Å². The fraction of sp³-hybridized carbons (Fsp3) is 0.462. The van der Waals surface area contributed by atoms with Crippen molar-refractivity contribution in [2.75, 3.05) is 31.9 Å². The number of hydrogen-bond acceptors (Lipinski definition) is 7. The van der Waals surface area contributed by atoms with Gasteiger partial charge in [0.2, 0.25) is 0 Å². The molecule has 0 saturated heterocycles. The molecule has 0 aliphatic heterocycles. The van der Waals surface area contributed by atoms with E-state index in [2.05, 4.69) is 15.3 Å². The predicted molar refractivity (Wildman–Crippen MR) is 132 cm³/mol. The van der Waals surface area contributed by atoms with Gasteiger partial charge in [-0.2, -0.15) is 13.2 Å². The van der Waals surface area contributed by atoms with Crippen molar-refractivity contribution in [2.24, 2.45) is 5.41 Å². The number of ether oxygens (including phenoxy) is 3. The summed E-state index contributed by atoms with van der Waals surface area (Å²) in [4.78, 5) is 9.04. The number of fused-ring (bicyclic) bond motifs is 1. The summed E-state index contributed by atoms with van der Waals surface area (Å²) in [5, 5.41) is 3.89. The van der Waals surface area contributed by atoms with E-state index in [-0.39, 0.29) is 17.2 Å². The lowest BCUT2D eigenvalue weighted by Crippen LogP contribution is -2.27. The largest absolute Gasteiger partial charge is 0.493 e. The lowest BCUT2D eigenvalue weighted by atomic mass is 10.0. The highest BCUT2D eigenvalue weighted by Gasteiger charge is 2.48. The predicted octanol–water partition coefficient (Wildman–Crippen LogP) is 5.91. The van der Waals surface area contributed by atoms with Crippen molar-refractivity contribution in [3.8, 4) is 11.5 Å². The van der Waals surface area contributed by atoms with Crippen LogP contribution in [0.25, 0.3) is 10.9 Å². The van der Waals surface area contributed by atoms with E-state index in [1.807, 2.05) is 6.92 Å². The molecule has 0 bridgehead atoms. The van der Waals surface area contributed by atoms with Crippen LogP contribution in [0.4, 0.5) is 24.7 Å². The lowest BCUT2D eigenvalue weighted by molar-refractivity contribution is -0.137. The minimum atomic E-state index is -4.50. The average molecular weight is 505 g/mol. The zero-order chi connectivity index (χ0) is 26.3. The van der Waals surface area contributed by atoms with E-state index in [1.54, 1.807) is 40.2 Å². The Balaban J connectivity index is 1.67. The second kappa shape index (κ2) is 9.65. The van der Waals surface area contributed by atoms with Gasteiger partial charge in [-0.3, -0.25) is 0 Å². The summed E-state index contributed by atoms with van der Waals surface area (Å²) < 4.78 is 57.2. The molecule has 3 N–H and O–H groups in total. The maximum absolute atomic E-state index is 13.3. The van der Waals surface area contributed by atoms with Crippen molar-refractivity contribution in [3.63, 3.8) is 0 Å². The van der Waals surface area contributed by atoms with E-state index in [9.17, 15) is 13.2 Å². The number of aromatic nitrogens is 2. The molecule has 36 heavy (non-hydrogen) atoms. The van der Waals surface area contributed by atoms with Crippen LogP contribution >= 0.6 is 0 Å². The van der Waals surface area contributed by atoms with Crippen LogP contribution in [0.3, 0.4) is 0 Å². The fourth-order valence-corrected chi connectivity index (χ4v) is 4.31. The first-order chi connectivity index (χ1) is 17.0. The molecule has 0 radical (unpaired) electrons. The van der Waals surface area contributed by atoms with Crippen LogP contribution in [0.15, 0.2) is 30.3 Å². The monoisotopic (exact) mass is 504 g/mol. The van der Waals surface area contributed by atoms with Crippen LogP contribution in [-0.4, -0.2) is 36.9 Å². The number of nitrogens with one attached hydrogen (secondary N) is 1. The van der Waals surface area contributed by atoms with Crippen molar-refractivity contribution in [3.05, 3.63) is 47.3 Å². The number of benzene rings is 2. The zero-order valence-corrected chi connectivity index (χ0v) is 21.0. The molecule has 0 amide bonds. The van der Waals surface area contributed by atoms with Crippen molar-refractivity contribution in [1.29, 1.82) is 0 Å². The van der Waals surface area contributed by atoms with Gasteiger partial charge in [-0.25, -0.2) is 9.97 Å². The molecule has 1 heterocycles. The Bertz CT molecular complexity index is 1260. The summed E-state index contributed by atoms with van der Waals surface area (Å²) in [5.41, 5.74) is 5.99. The summed E-state index contributed by atoms with van der Waals surface area (Å²) in [6.45, 7) is 6.01. The molecule has 2 atom stereocenters. The number of aryl methyl sites for hydroxylation is 1. The number of anilines is 2. The molecule has 1 aromatic heterocycles. The minimum Gasteiger partial charge on any atom is -0.493 e. The topological polar surface area (TPSA) is 91.5 Å². The second-order valence-corrected chi connectivity index (χ2v) is 9.42. The molecule has 4 rings (SSSR count). The SMILES string of the molecule is COc1cc2nc(C)nc(N[C@H](C)c3cc(N)cc(C(F)(F)F)c3)c2cc1OCC1([C@H](C)OC)CC1. The molecule has 1 saturated carbocycles. The van der Waals surface area contributed by atoms with Crippen LogP contribution in [0.1, 0.15) is 49.7 Å². The molecule has 1 aliphatic carbocycles. The van der Waals surface area contributed by atoms with E-state index in [1.165, 1.54) is 6.07 Å². The summed E-state index contributed by atoms with van der Waals surface area (Å²) in [5.74, 6) is 2.04. The molecule has 1 aliphatic rings. The van der Waals surface area contributed by atoms with Crippen molar-refractivity contribution in [1.82, 2.24) is 9.97 Å². The first-order valence-electron chi connectivity index (χ1n) is 11.7. The average Bonchev–Trinajstić information content (AvgIpc) is 3.62. The number of alkyl halides is 3. The molecule has 10 heteroatoms. The molecule has 0 unspecified atom stereocenters. The highest BCUT2D eigenvalue weighted by Crippen LogP contribution is 2.50. The molecule has 194 valence electrons. The zero-order valence-electron chi connectivity index (χ0n) is 21.0. The molecule has 7 nitrogen and oxygen atoms in total. The Kier molecular flexibility index (Phi) is 6.92. The maximum atomic E-state index is 13.3. The highest BCUT2D eigenvalue weighted by molar-refractivity contribution is 5.92. The Morgan fingerprint density at radius 1 is 1.06 bits per heavy atom. The number of halogens is 3. The van der Waals surface area contributed by atoms with Crippen LogP contribution in [-0.2, 0) is 10.9 Å². The summed E-state index contributed by atoms with van der Waals surface area (Å²) in [7, 11) is 3.25. The second-order valence-electron chi connectivity index (χ2n) is 9.42. The minimum absolute atomic E-state index is 0.0302. The standard InChI is InChI=1S/C26H31F3N4O3/c1-14(17-8-18(26(27,28)29)10-19(30)9-17)31-24-20-11-23(36-13-25(6-7-25)15(2)34-4)22(35-5)12-21(20)32-16(3)33-24/h8-12,14-15H,6-7,13,30H2,1-5H3,(H,31,32,33)/t14-,15+/m1/s1. The van der Waals surface area contributed by atoms with E-state index >= 15 is 0 Å². The number of nitrogen functional groups attached to an aromatic ring is 1. The third-order valence-electron chi connectivity index (χ3n) is 6.87. The normalized spacial score (nSPS) is 16.4. The van der Waals surface area contributed by atoms with Gasteiger partial charge in [0.25, 0.3) is 0 Å². The number of hydrogen-bond donors (Lipinski definition) is 2. The Morgan fingerprint density at radius 2 is 1.78 bits per heavy atom. The Morgan fingerprint density at radius 3 is 2.39 bits per heavy atom. The van der Waals surface area contributed by atoms with E-state index in [0.717, 1.165) is 25.0 Å². The molecular weight excluding hydrogens is 473 g/mol.